The Balaban J connectivity index is 1.85. The van der Waals surface area contributed by atoms with Crippen molar-refractivity contribution in [2.24, 2.45) is 11.8 Å². The van der Waals surface area contributed by atoms with Gasteiger partial charge in [-0.2, -0.15) is 0 Å². The number of hydrogen-bond acceptors (Lipinski definition) is 3. The molecular formula is C13H23NO2. The summed E-state index contributed by atoms with van der Waals surface area (Å²) in [5.41, 5.74) is 0. The quantitative estimate of drug-likeness (QED) is 0.732. The van der Waals surface area contributed by atoms with Crippen LogP contribution >= 0.6 is 0 Å². The third kappa shape index (κ3) is 2.64. The lowest BCUT2D eigenvalue weighted by Crippen LogP contribution is -2.46. The van der Waals surface area contributed by atoms with Crippen LogP contribution in [0.15, 0.2) is 0 Å². The van der Waals surface area contributed by atoms with Crippen LogP contribution < -0.4 is 0 Å². The molecule has 3 nitrogen and oxygen atoms in total. The average molecular weight is 225 g/mol. The van der Waals surface area contributed by atoms with E-state index in [4.69, 9.17) is 4.74 Å². The number of Topliss-reactive ketones (excluding diaryl/α,β-unsaturated/α-hetero) is 1. The zero-order valence-electron chi connectivity index (χ0n) is 10.4. The first-order chi connectivity index (χ1) is 7.68. The van der Waals surface area contributed by atoms with Crippen LogP contribution in [0.25, 0.3) is 0 Å². The summed E-state index contributed by atoms with van der Waals surface area (Å²) in [4.78, 5) is 14.4. The normalized spacial score (nSPS) is 36.5. The number of carbonyl (C=O) groups excluding carboxylic acids is 1. The molecule has 0 N–H and O–H groups in total. The number of nitrogens with zero attached hydrogens (tertiary/aromatic N) is 1. The molecule has 0 spiro atoms. The average Bonchev–Trinajstić information content (AvgIpc) is 2.78. The molecular weight excluding hydrogens is 202 g/mol. The summed E-state index contributed by atoms with van der Waals surface area (Å²) in [6.07, 6.45) is 3.47. The number of ether oxygens (including phenoxy) is 1. The van der Waals surface area contributed by atoms with E-state index in [0.29, 0.717) is 25.0 Å². The summed E-state index contributed by atoms with van der Waals surface area (Å²) < 4.78 is 5.28. The number of ketones is 1. The second-order valence-corrected chi connectivity index (χ2v) is 5.36. The Morgan fingerprint density at radius 3 is 2.88 bits per heavy atom. The first kappa shape index (κ1) is 12.1. The van der Waals surface area contributed by atoms with Crippen LogP contribution in [0.4, 0.5) is 0 Å². The standard InChI is InChI=1S/C13H23NO2/c1-10-4-3-6-14(11(10)2)8-13(15)12-5-7-16-9-12/h10-12H,3-9H2,1-2H3. The van der Waals surface area contributed by atoms with E-state index in [1.165, 1.54) is 12.8 Å². The number of hydrogen-bond donors (Lipinski definition) is 0. The molecule has 2 aliphatic rings. The third-order valence-electron chi connectivity index (χ3n) is 4.25. The maximum Gasteiger partial charge on any atom is 0.152 e. The molecule has 0 aliphatic carbocycles. The number of rotatable bonds is 3. The molecule has 2 heterocycles. The molecule has 3 atom stereocenters. The third-order valence-corrected chi connectivity index (χ3v) is 4.25. The SMILES string of the molecule is CC1CCCN(CC(=O)C2CCOC2)C1C. The lowest BCUT2D eigenvalue weighted by Gasteiger charge is -2.37. The molecule has 0 aromatic carbocycles. The van der Waals surface area contributed by atoms with Crippen molar-refractivity contribution in [3.8, 4) is 0 Å². The molecule has 0 saturated carbocycles. The minimum Gasteiger partial charge on any atom is -0.381 e. The van der Waals surface area contributed by atoms with Gasteiger partial charge in [0.25, 0.3) is 0 Å². The van der Waals surface area contributed by atoms with Crippen molar-refractivity contribution in [1.29, 1.82) is 0 Å². The molecule has 2 rings (SSSR count). The van der Waals surface area contributed by atoms with E-state index in [1.807, 2.05) is 0 Å². The Bertz CT molecular complexity index is 248. The molecule has 2 fully saturated rings. The van der Waals surface area contributed by atoms with Gasteiger partial charge in [0.15, 0.2) is 5.78 Å². The molecule has 92 valence electrons. The first-order valence-electron chi connectivity index (χ1n) is 6.53. The second-order valence-electron chi connectivity index (χ2n) is 5.36. The molecule has 3 unspecified atom stereocenters. The highest BCUT2D eigenvalue weighted by molar-refractivity contribution is 5.83. The highest BCUT2D eigenvalue weighted by atomic mass is 16.5. The van der Waals surface area contributed by atoms with Crippen LogP contribution in [0.3, 0.4) is 0 Å². The van der Waals surface area contributed by atoms with Crippen molar-refractivity contribution in [3.63, 3.8) is 0 Å². The summed E-state index contributed by atoms with van der Waals surface area (Å²) >= 11 is 0. The lowest BCUT2D eigenvalue weighted by atomic mass is 9.91. The van der Waals surface area contributed by atoms with Crippen LogP contribution in [-0.2, 0) is 9.53 Å². The number of likely N-dealkylation sites (tertiary alicyclic amines) is 1. The molecule has 2 aliphatic heterocycles. The van der Waals surface area contributed by atoms with Crippen molar-refractivity contribution in [2.45, 2.75) is 39.2 Å². The van der Waals surface area contributed by atoms with Crippen LogP contribution in [0.1, 0.15) is 33.1 Å². The predicted molar refractivity (Wildman–Crippen MR) is 63.4 cm³/mol. The van der Waals surface area contributed by atoms with Gasteiger partial charge >= 0.3 is 0 Å². The van der Waals surface area contributed by atoms with Gasteiger partial charge in [0.05, 0.1) is 13.2 Å². The van der Waals surface area contributed by atoms with Gasteiger partial charge in [-0.1, -0.05) is 6.92 Å². The Morgan fingerprint density at radius 1 is 1.38 bits per heavy atom. The Morgan fingerprint density at radius 2 is 2.19 bits per heavy atom. The highest BCUT2D eigenvalue weighted by Gasteiger charge is 2.29. The Labute approximate surface area is 98.1 Å². The lowest BCUT2D eigenvalue weighted by molar-refractivity contribution is -0.125. The zero-order chi connectivity index (χ0) is 11.5. The predicted octanol–water partition coefficient (Wildman–Crippen LogP) is 1.71. The molecule has 0 aromatic rings. The van der Waals surface area contributed by atoms with Crippen molar-refractivity contribution in [2.75, 3.05) is 26.3 Å². The second kappa shape index (κ2) is 5.28. The smallest absolute Gasteiger partial charge is 0.152 e. The van der Waals surface area contributed by atoms with Gasteiger partial charge in [-0.05, 0) is 38.6 Å². The van der Waals surface area contributed by atoms with Gasteiger partial charge in [0, 0.05) is 18.6 Å². The van der Waals surface area contributed by atoms with Crippen molar-refractivity contribution in [1.82, 2.24) is 4.90 Å². The minimum absolute atomic E-state index is 0.171. The fourth-order valence-electron chi connectivity index (χ4n) is 2.76. The number of piperidine rings is 1. The largest absolute Gasteiger partial charge is 0.381 e. The molecule has 0 bridgehead atoms. The van der Waals surface area contributed by atoms with Crippen LogP contribution in [0.2, 0.25) is 0 Å². The molecule has 0 radical (unpaired) electrons. The van der Waals surface area contributed by atoms with Crippen LogP contribution in [-0.4, -0.2) is 43.0 Å². The van der Waals surface area contributed by atoms with Crippen molar-refractivity contribution >= 4 is 5.78 Å². The van der Waals surface area contributed by atoms with E-state index < -0.39 is 0 Å². The van der Waals surface area contributed by atoms with Crippen molar-refractivity contribution in [3.05, 3.63) is 0 Å². The number of carbonyl (C=O) groups is 1. The molecule has 3 heteroatoms. The Kier molecular flexibility index (Phi) is 3.98. The van der Waals surface area contributed by atoms with E-state index in [0.717, 1.165) is 25.5 Å². The summed E-state index contributed by atoms with van der Waals surface area (Å²) in [6.45, 7) is 7.69. The molecule has 16 heavy (non-hydrogen) atoms. The van der Waals surface area contributed by atoms with Gasteiger partial charge in [-0.3, -0.25) is 9.69 Å². The summed E-state index contributed by atoms with van der Waals surface area (Å²) in [7, 11) is 0. The van der Waals surface area contributed by atoms with Gasteiger partial charge < -0.3 is 4.74 Å². The van der Waals surface area contributed by atoms with Crippen LogP contribution in [0.5, 0.6) is 0 Å². The molecule has 0 aromatic heterocycles. The molecule has 0 amide bonds. The van der Waals surface area contributed by atoms with E-state index >= 15 is 0 Å². The van der Waals surface area contributed by atoms with E-state index in [2.05, 4.69) is 18.7 Å². The van der Waals surface area contributed by atoms with E-state index in [9.17, 15) is 4.79 Å². The fourth-order valence-corrected chi connectivity index (χ4v) is 2.76. The summed E-state index contributed by atoms with van der Waals surface area (Å²) in [5.74, 6) is 1.28. The summed E-state index contributed by atoms with van der Waals surface area (Å²) in [6, 6.07) is 0.556. The van der Waals surface area contributed by atoms with Crippen molar-refractivity contribution < 1.29 is 9.53 Å². The maximum atomic E-state index is 12.0. The van der Waals surface area contributed by atoms with Crippen LogP contribution in [0, 0.1) is 11.8 Å². The minimum atomic E-state index is 0.171. The maximum absolute atomic E-state index is 12.0. The van der Waals surface area contributed by atoms with Gasteiger partial charge in [0.1, 0.15) is 0 Å². The van der Waals surface area contributed by atoms with E-state index in [1.54, 1.807) is 0 Å². The zero-order valence-corrected chi connectivity index (χ0v) is 10.4. The highest BCUT2D eigenvalue weighted by Crippen LogP contribution is 2.23. The fraction of sp³-hybridized carbons (Fsp3) is 0.923. The van der Waals surface area contributed by atoms with Gasteiger partial charge in [0.2, 0.25) is 0 Å². The van der Waals surface area contributed by atoms with Gasteiger partial charge in [-0.15, -0.1) is 0 Å². The summed E-state index contributed by atoms with van der Waals surface area (Å²) in [5, 5.41) is 0. The van der Waals surface area contributed by atoms with E-state index in [-0.39, 0.29) is 5.92 Å². The monoisotopic (exact) mass is 225 g/mol. The topological polar surface area (TPSA) is 29.5 Å². The first-order valence-corrected chi connectivity index (χ1v) is 6.53. The van der Waals surface area contributed by atoms with Gasteiger partial charge in [-0.25, -0.2) is 0 Å². The Hall–Kier alpha value is -0.410. The molecule has 2 saturated heterocycles.